The Labute approximate surface area is 153 Å². The van der Waals surface area contributed by atoms with Gasteiger partial charge in [0.25, 0.3) is 5.91 Å². The van der Waals surface area contributed by atoms with Gasteiger partial charge < -0.3 is 9.80 Å². The number of carbonyl (C=O) groups excluding carboxylic acids is 3. The van der Waals surface area contributed by atoms with Crippen molar-refractivity contribution in [3.8, 4) is 0 Å². The lowest BCUT2D eigenvalue weighted by Crippen LogP contribution is -2.52. The molecule has 0 unspecified atom stereocenters. The first-order valence-corrected chi connectivity index (χ1v) is 9.38. The summed E-state index contributed by atoms with van der Waals surface area (Å²) < 4.78 is 0. The van der Waals surface area contributed by atoms with Gasteiger partial charge in [-0.3, -0.25) is 14.5 Å². The van der Waals surface area contributed by atoms with E-state index in [2.05, 4.69) is 31.2 Å². The zero-order valence-electron chi connectivity index (χ0n) is 15.4. The predicted molar refractivity (Wildman–Crippen MR) is 96.5 cm³/mol. The molecule has 1 heterocycles. The number of carbonyl (C=O) groups is 3. The van der Waals surface area contributed by atoms with Crippen LogP contribution in [0.2, 0.25) is 0 Å². The largest absolute Gasteiger partial charge is 0.335 e. The minimum atomic E-state index is -0.370. The molecule has 4 rings (SSSR count). The molecule has 0 bridgehead atoms. The van der Waals surface area contributed by atoms with Crippen LogP contribution in [0.3, 0.4) is 0 Å². The molecule has 2 aliphatic carbocycles. The lowest BCUT2D eigenvalue weighted by Gasteiger charge is -2.44. The van der Waals surface area contributed by atoms with Crippen LogP contribution >= 0.6 is 0 Å². The normalized spacial score (nSPS) is 25.5. The molecule has 0 radical (unpaired) electrons. The number of hydrogen-bond donors (Lipinski definition) is 0. The third-order valence-corrected chi connectivity index (χ3v) is 5.89. The van der Waals surface area contributed by atoms with Gasteiger partial charge in [0.05, 0.1) is 0 Å². The van der Waals surface area contributed by atoms with Crippen molar-refractivity contribution < 1.29 is 14.4 Å². The van der Waals surface area contributed by atoms with Crippen LogP contribution in [-0.2, 0) is 9.59 Å². The summed E-state index contributed by atoms with van der Waals surface area (Å²) in [7, 11) is 1.59. The molecule has 3 aliphatic rings. The number of amides is 4. The number of rotatable bonds is 5. The first kappa shape index (κ1) is 17.1. The topological polar surface area (TPSA) is 60.9 Å². The second-order valence-electron chi connectivity index (χ2n) is 7.83. The molecule has 6 nitrogen and oxygen atoms in total. The monoisotopic (exact) mass is 355 g/mol. The van der Waals surface area contributed by atoms with Crippen molar-refractivity contribution >= 4 is 17.8 Å². The lowest BCUT2D eigenvalue weighted by molar-refractivity contribution is -0.140. The van der Waals surface area contributed by atoms with E-state index in [4.69, 9.17) is 0 Å². The van der Waals surface area contributed by atoms with Crippen molar-refractivity contribution in [1.82, 2.24) is 14.7 Å². The average Bonchev–Trinajstić information content (AvgIpc) is 3.36. The van der Waals surface area contributed by atoms with E-state index in [1.807, 2.05) is 4.90 Å². The van der Waals surface area contributed by atoms with Gasteiger partial charge in [0, 0.05) is 19.1 Å². The second kappa shape index (κ2) is 6.41. The summed E-state index contributed by atoms with van der Waals surface area (Å²) in [5, 5.41) is 0. The third-order valence-electron chi connectivity index (χ3n) is 5.89. The summed E-state index contributed by atoms with van der Waals surface area (Å²) in [4.78, 5) is 41.3. The van der Waals surface area contributed by atoms with Gasteiger partial charge in [-0.2, -0.15) is 0 Å². The van der Waals surface area contributed by atoms with Gasteiger partial charge >= 0.3 is 6.03 Å². The molecule has 0 N–H and O–H groups in total. The summed E-state index contributed by atoms with van der Waals surface area (Å²) in [5.41, 5.74) is 2.68. The highest BCUT2D eigenvalue weighted by Gasteiger charge is 2.45. The van der Waals surface area contributed by atoms with Gasteiger partial charge in [-0.25, -0.2) is 4.79 Å². The Morgan fingerprint density at radius 1 is 1.15 bits per heavy atom. The summed E-state index contributed by atoms with van der Waals surface area (Å²) >= 11 is 0. The van der Waals surface area contributed by atoms with Crippen LogP contribution in [0, 0.1) is 6.92 Å². The predicted octanol–water partition coefficient (Wildman–Crippen LogP) is 2.13. The molecule has 6 heteroatoms. The lowest BCUT2D eigenvalue weighted by atomic mass is 9.73. The van der Waals surface area contributed by atoms with Crippen LogP contribution in [0.5, 0.6) is 0 Å². The number of imide groups is 1. The van der Waals surface area contributed by atoms with E-state index in [1.54, 1.807) is 7.05 Å². The standard InChI is InChI=1S/C20H25N3O3/c1-13-5-3-4-6-17(13)14-9-16(10-14)23(15-7-8-15)19(25)12-22-18(24)11-21(2)20(22)26/h3-6,14-16H,7-12H2,1-2H3. The number of urea groups is 1. The van der Waals surface area contributed by atoms with Crippen LogP contribution in [-0.4, -0.2) is 64.8 Å². The average molecular weight is 355 g/mol. The van der Waals surface area contributed by atoms with Crippen LogP contribution < -0.4 is 0 Å². The minimum absolute atomic E-state index is 0.0638. The highest BCUT2D eigenvalue weighted by Crippen LogP contribution is 2.44. The molecule has 2 saturated carbocycles. The summed E-state index contributed by atoms with van der Waals surface area (Å²) in [5.74, 6) is 0.127. The maximum Gasteiger partial charge on any atom is 0.327 e. The highest BCUT2D eigenvalue weighted by atomic mass is 16.2. The molecule has 1 aromatic carbocycles. The summed E-state index contributed by atoms with van der Waals surface area (Å²) in [6, 6.07) is 8.58. The molecular weight excluding hydrogens is 330 g/mol. The first-order chi connectivity index (χ1) is 12.5. The number of benzene rings is 1. The van der Waals surface area contributed by atoms with Gasteiger partial charge in [-0.15, -0.1) is 0 Å². The highest BCUT2D eigenvalue weighted by molar-refractivity contribution is 6.04. The van der Waals surface area contributed by atoms with Crippen LogP contribution in [0.4, 0.5) is 4.79 Å². The fraction of sp³-hybridized carbons (Fsp3) is 0.550. The SMILES string of the molecule is Cc1ccccc1C1CC(N(C(=O)CN2C(=O)CN(C)C2=O)C2CC2)C1. The van der Waals surface area contributed by atoms with E-state index in [9.17, 15) is 14.4 Å². The van der Waals surface area contributed by atoms with Gasteiger partial charge in [-0.1, -0.05) is 24.3 Å². The first-order valence-electron chi connectivity index (χ1n) is 9.38. The van der Waals surface area contributed by atoms with Crippen molar-refractivity contribution in [2.24, 2.45) is 0 Å². The van der Waals surface area contributed by atoms with E-state index in [0.29, 0.717) is 5.92 Å². The minimum Gasteiger partial charge on any atom is -0.335 e. The number of likely N-dealkylation sites (N-methyl/N-ethyl adjacent to an activating group) is 1. The summed E-state index contributed by atoms with van der Waals surface area (Å²) in [6.07, 6.45) is 3.99. The molecular formula is C20H25N3O3. The van der Waals surface area contributed by atoms with Crippen molar-refractivity contribution in [3.63, 3.8) is 0 Å². The molecule has 3 fully saturated rings. The number of aryl methyl sites for hydroxylation is 1. The Morgan fingerprint density at radius 3 is 2.42 bits per heavy atom. The third kappa shape index (κ3) is 2.97. The number of nitrogens with zero attached hydrogens (tertiary/aromatic N) is 3. The van der Waals surface area contributed by atoms with Gasteiger partial charge in [0.15, 0.2) is 0 Å². The zero-order chi connectivity index (χ0) is 18.4. The molecule has 0 aromatic heterocycles. The van der Waals surface area contributed by atoms with Crippen LogP contribution in [0.25, 0.3) is 0 Å². The maximum absolute atomic E-state index is 12.9. The molecule has 4 amide bonds. The molecule has 0 spiro atoms. The molecule has 1 saturated heterocycles. The Morgan fingerprint density at radius 2 is 1.85 bits per heavy atom. The van der Waals surface area contributed by atoms with E-state index < -0.39 is 0 Å². The fourth-order valence-corrected chi connectivity index (χ4v) is 4.21. The molecule has 1 aliphatic heterocycles. The number of hydrogen-bond acceptors (Lipinski definition) is 3. The maximum atomic E-state index is 12.9. The van der Waals surface area contributed by atoms with Crippen LogP contribution in [0.1, 0.15) is 42.7 Å². The van der Waals surface area contributed by atoms with E-state index >= 15 is 0 Å². The Hall–Kier alpha value is -2.37. The molecule has 138 valence electrons. The molecule has 1 aromatic rings. The zero-order valence-corrected chi connectivity index (χ0v) is 15.4. The summed E-state index contributed by atoms with van der Waals surface area (Å²) in [6.45, 7) is 2.08. The van der Waals surface area contributed by atoms with E-state index in [1.165, 1.54) is 16.0 Å². The van der Waals surface area contributed by atoms with Crippen LogP contribution in [0.15, 0.2) is 24.3 Å². The van der Waals surface area contributed by atoms with Gasteiger partial charge in [0.1, 0.15) is 13.1 Å². The Balaban J connectivity index is 1.41. The van der Waals surface area contributed by atoms with Crippen molar-refractivity contribution in [3.05, 3.63) is 35.4 Å². The quantitative estimate of drug-likeness (QED) is 0.760. The van der Waals surface area contributed by atoms with Crippen molar-refractivity contribution in [2.75, 3.05) is 20.1 Å². The Bertz CT molecular complexity index is 752. The molecule has 26 heavy (non-hydrogen) atoms. The van der Waals surface area contributed by atoms with Crippen molar-refractivity contribution in [1.29, 1.82) is 0 Å². The smallest absolute Gasteiger partial charge is 0.327 e. The van der Waals surface area contributed by atoms with E-state index in [0.717, 1.165) is 30.6 Å². The fourth-order valence-electron chi connectivity index (χ4n) is 4.21. The van der Waals surface area contributed by atoms with Gasteiger partial charge in [0.2, 0.25) is 5.91 Å². The molecule has 0 atom stereocenters. The van der Waals surface area contributed by atoms with Gasteiger partial charge in [-0.05, 0) is 49.7 Å². The van der Waals surface area contributed by atoms with Crippen molar-refractivity contribution in [2.45, 2.75) is 50.6 Å². The Kier molecular flexibility index (Phi) is 4.21. The van der Waals surface area contributed by atoms with E-state index in [-0.39, 0.29) is 43.0 Å². The second-order valence-corrected chi connectivity index (χ2v) is 7.83.